The quantitative estimate of drug-likeness (QED) is 0.655. The molecule has 2 rings (SSSR count). The Morgan fingerprint density at radius 1 is 1.52 bits per heavy atom. The van der Waals surface area contributed by atoms with Crippen LogP contribution in [0.2, 0.25) is 0 Å². The van der Waals surface area contributed by atoms with Crippen LogP contribution < -0.4 is 5.32 Å². The van der Waals surface area contributed by atoms with Crippen LogP contribution >= 0.6 is 11.8 Å². The third kappa shape index (κ3) is 4.33. The zero-order valence-electron chi connectivity index (χ0n) is 11.6. The topological polar surface area (TPSA) is 83.6 Å². The van der Waals surface area contributed by atoms with Crippen molar-refractivity contribution in [2.75, 3.05) is 11.1 Å². The Hall–Kier alpha value is -2.33. The highest BCUT2D eigenvalue weighted by Crippen LogP contribution is 2.22. The van der Waals surface area contributed by atoms with Gasteiger partial charge in [-0.3, -0.25) is 9.36 Å². The summed E-state index contributed by atoms with van der Waals surface area (Å²) in [5, 5.41) is 20.1. The van der Waals surface area contributed by atoms with Crippen molar-refractivity contribution in [3.63, 3.8) is 0 Å². The van der Waals surface area contributed by atoms with Crippen LogP contribution in [0.25, 0.3) is 5.69 Å². The second-order valence-corrected chi connectivity index (χ2v) is 5.39. The van der Waals surface area contributed by atoms with Crippen molar-refractivity contribution in [2.45, 2.75) is 24.9 Å². The number of thioether (sulfide) groups is 1. The van der Waals surface area contributed by atoms with E-state index in [0.29, 0.717) is 6.42 Å². The van der Waals surface area contributed by atoms with E-state index in [9.17, 15) is 4.79 Å². The molecule has 0 saturated carbocycles. The first-order chi connectivity index (χ1) is 10.2. The summed E-state index contributed by atoms with van der Waals surface area (Å²) in [6.45, 7) is 1.47. The highest BCUT2D eigenvalue weighted by Gasteiger charge is 2.07. The van der Waals surface area contributed by atoms with E-state index in [1.165, 1.54) is 6.92 Å². The predicted octanol–water partition coefficient (Wildman–Crippen LogP) is 2.62. The number of nitriles is 1. The van der Waals surface area contributed by atoms with Crippen LogP contribution in [-0.4, -0.2) is 26.4 Å². The molecule has 7 heteroatoms. The minimum Gasteiger partial charge on any atom is -0.326 e. The number of nitrogens with one attached hydrogen (secondary N) is 1. The maximum absolute atomic E-state index is 11.1. The number of anilines is 1. The Bertz CT molecular complexity index is 661. The molecule has 0 fully saturated rings. The highest BCUT2D eigenvalue weighted by molar-refractivity contribution is 7.99. The first-order valence-corrected chi connectivity index (χ1v) is 7.47. The van der Waals surface area contributed by atoms with E-state index in [0.717, 1.165) is 28.7 Å². The van der Waals surface area contributed by atoms with Gasteiger partial charge in [0.25, 0.3) is 0 Å². The summed E-state index contributed by atoms with van der Waals surface area (Å²) in [4.78, 5) is 11.1. The molecule has 0 bridgehead atoms. The zero-order valence-corrected chi connectivity index (χ0v) is 12.4. The third-order valence-electron chi connectivity index (χ3n) is 2.63. The van der Waals surface area contributed by atoms with Crippen LogP contribution in [0.5, 0.6) is 0 Å². The SMILES string of the molecule is CC(=O)Nc1cccc(-n2cnnc2SCCCC#N)c1. The average molecular weight is 301 g/mol. The Morgan fingerprint density at radius 3 is 3.14 bits per heavy atom. The molecule has 0 saturated heterocycles. The van der Waals surface area contributed by atoms with Crippen molar-refractivity contribution in [1.29, 1.82) is 5.26 Å². The molecule has 1 aromatic carbocycles. The number of carbonyl (C=O) groups is 1. The van der Waals surface area contributed by atoms with E-state index in [-0.39, 0.29) is 5.91 Å². The predicted molar refractivity (Wildman–Crippen MR) is 81.2 cm³/mol. The normalized spacial score (nSPS) is 10.1. The summed E-state index contributed by atoms with van der Waals surface area (Å²) >= 11 is 1.56. The lowest BCUT2D eigenvalue weighted by atomic mass is 10.2. The molecule has 0 aliphatic carbocycles. The highest BCUT2D eigenvalue weighted by atomic mass is 32.2. The molecule has 0 radical (unpaired) electrons. The number of nitrogens with zero attached hydrogens (tertiary/aromatic N) is 4. The molecule has 0 aliphatic heterocycles. The minimum absolute atomic E-state index is 0.109. The first kappa shape index (κ1) is 15.1. The van der Waals surface area contributed by atoms with Gasteiger partial charge in [-0.2, -0.15) is 5.26 Å². The summed E-state index contributed by atoms with van der Waals surface area (Å²) in [6.07, 6.45) is 3.00. The number of carbonyl (C=O) groups excluding carboxylic acids is 1. The van der Waals surface area contributed by atoms with E-state index < -0.39 is 0 Å². The lowest BCUT2D eigenvalue weighted by Gasteiger charge is -2.08. The average Bonchev–Trinajstić information content (AvgIpc) is 2.91. The van der Waals surface area contributed by atoms with E-state index in [1.54, 1.807) is 18.1 Å². The van der Waals surface area contributed by atoms with Crippen LogP contribution in [-0.2, 0) is 4.79 Å². The summed E-state index contributed by atoms with van der Waals surface area (Å²) < 4.78 is 1.86. The van der Waals surface area contributed by atoms with Crippen molar-refractivity contribution in [2.24, 2.45) is 0 Å². The number of hydrogen-bond donors (Lipinski definition) is 1. The molecule has 0 spiro atoms. The van der Waals surface area contributed by atoms with Crippen LogP contribution in [0.3, 0.4) is 0 Å². The van der Waals surface area contributed by atoms with Gasteiger partial charge >= 0.3 is 0 Å². The maximum atomic E-state index is 11.1. The lowest BCUT2D eigenvalue weighted by molar-refractivity contribution is -0.114. The van der Waals surface area contributed by atoms with Crippen molar-refractivity contribution in [1.82, 2.24) is 14.8 Å². The van der Waals surface area contributed by atoms with Gasteiger partial charge in [-0.1, -0.05) is 17.8 Å². The van der Waals surface area contributed by atoms with Gasteiger partial charge in [0.05, 0.1) is 11.8 Å². The molecule has 21 heavy (non-hydrogen) atoms. The molecule has 6 nitrogen and oxygen atoms in total. The molecule has 1 N–H and O–H groups in total. The maximum Gasteiger partial charge on any atom is 0.221 e. The number of benzene rings is 1. The Kier molecular flexibility index (Phi) is 5.35. The van der Waals surface area contributed by atoms with Crippen LogP contribution in [0, 0.1) is 11.3 Å². The summed E-state index contributed by atoms with van der Waals surface area (Å²) in [7, 11) is 0. The monoisotopic (exact) mass is 301 g/mol. The molecule has 0 unspecified atom stereocenters. The molecule has 1 amide bonds. The summed E-state index contributed by atoms with van der Waals surface area (Å²) in [5.41, 5.74) is 1.61. The van der Waals surface area contributed by atoms with Gasteiger partial charge in [-0.25, -0.2) is 0 Å². The largest absolute Gasteiger partial charge is 0.326 e. The number of unbranched alkanes of at least 4 members (excludes halogenated alkanes) is 1. The molecule has 1 aromatic heterocycles. The number of amides is 1. The van der Waals surface area contributed by atoms with Crippen molar-refractivity contribution in [3.05, 3.63) is 30.6 Å². The van der Waals surface area contributed by atoms with Crippen LogP contribution in [0.15, 0.2) is 35.7 Å². The van der Waals surface area contributed by atoms with Crippen LogP contribution in [0.1, 0.15) is 19.8 Å². The molecule has 108 valence electrons. The Morgan fingerprint density at radius 2 is 2.38 bits per heavy atom. The van der Waals surface area contributed by atoms with E-state index in [4.69, 9.17) is 5.26 Å². The number of rotatable bonds is 6. The minimum atomic E-state index is -0.109. The first-order valence-electron chi connectivity index (χ1n) is 6.48. The number of hydrogen-bond acceptors (Lipinski definition) is 5. The molecule has 0 atom stereocenters. The summed E-state index contributed by atoms with van der Waals surface area (Å²) in [6, 6.07) is 9.61. The lowest BCUT2D eigenvalue weighted by Crippen LogP contribution is -2.06. The molecule has 2 aromatic rings. The van der Waals surface area contributed by atoms with Gasteiger partial charge in [-0.15, -0.1) is 10.2 Å². The summed E-state index contributed by atoms with van der Waals surface area (Å²) in [5.74, 6) is 0.708. The smallest absolute Gasteiger partial charge is 0.221 e. The Labute approximate surface area is 127 Å². The van der Waals surface area contributed by atoms with Crippen molar-refractivity contribution in [3.8, 4) is 11.8 Å². The second kappa shape index (κ2) is 7.45. The van der Waals surface area contributed by atoms with E-state index in [2.05, 4.69) is 21.6 Å². The van der Waals surface area contributed by atoms with Crippen molar-refractivity contribution >= 4 is 23.4 Å². The number of aromatic nitrogens is 3. The third-order valence-corrected chi connectivity index (χ3v) is 3.65. The Balaban J connectivity index is 2.13. The molecular formula is C14H15N5OS. The standard InChI is InChI=1S/C14H15N5OS/c1-11(20)17-12-5-4-6-13(9-12)19-10-16-18-14(19)21-8-3-2-7-15/h4-6,9-10H,2-3,8H2,1H3,(H,17,20). The molecule has 1 heterocycles. The van der Waals surface area contributed by atoms with Crippen molar-refractivity contribution < 1.29 is 4.79 Å². The van der Waals surface area contributed by atoms with E-state index >= 15 is 0 Å². The molecular weight excluding hydrogens is 286 g/mol. The van der Waals surface area contributed by atoms with E-state index in [1.807, 2.05) is 28.8 Å². The van der Waals surface area contributed by atoms with Gasteiger partial charge < -0.3 is 5.32 Å². The van der Waals surface area contributed by atoms with Crippen LogP contribution in [0.4, 0.5) is 5.69 Å². The van der Waals surface area contributed by atoms with Gasteiger partial charge in [0, 0.05) is 24.8 Å². The molecule has 0 aliphatic rings. The fourth-order valence-corrected chi connectivity index (χ4v) is 2.62. The fraction of sp³-hybridized carbons (Fsp3) is 0.286. The van der Waals surface area contributed by atoms with Gasteiger partial charge in [0.2, 0.25) is 5.91 Å². The van der Waals surface area contributed by atoms with Gasteiger partial charge in [0.1, 0.15) is 6.33 Å². The van der Waals surface area contributed by atoms with Gasteiger partial charge in [-0.05, 0) is 24.6 Å². The second-order valence-electron chi connectivity index (χ2n) is 4.33. The van der Waals surface area contributed by atoms with Gasteiger partial charge in [0.15, 0.2) is 5.16 Å². The zero-order chi connectivity index (χ0) is 15.1. The fourth-order valence-electron chi connectivity index (χ4n) is 1.75.